The normalized spacial score (nSPS) is 12.2. The summed E-state index contributed by atoms with van der Waals surface area (Å²) in [6.45, 7) is 0.372. The van der Waals surface area contributed by atoms with Crippen LogP contribution in [-0.2, 0) is 0 Å². The summed E-state index contributed by atoms with van der Waals surface area (Å²) in [4.78, 5) is 8.61. The number of ether oxygens (including phenoxy) is 1. The Morgan fingerprint density at radius 2 is 1.90 bits per heavy atom. The molecule has 0 aliphatic carbocycles. The first-order valence-corrected chi connectivity index (χ1v) is 6.49. The summed E-state index contributed by atoms with van der Waals surface area (Å²) in [6, 6.07) is 15.5. The molecule has 3 rings (SSSR count). The van der Waals surface area contributed by atoms with Crippen molar-refractivity contribution in [1.29, 1.82) is 0 Å². The highest BCUT2D eigenvalue weighted by Gasteiger charge is 2.12. The second kappa shape index (κ2) is 5.67. The Labute approximate surface area is 117 Å². The number of rotatable bonds is 4. The zero-order valence-corrected chi connectivity index (χ0v) is 10.9. The molecule has 4 nitrogen and oxygen atoms in total. The molecular weight excluding hydrogens is 250 g/mol. The molecule has 0 fully saturated rings. The molecule has 1 atom stereocenters. The van der Waals surface area contributed by atoms with Crippen molar-refractivity contribution in [2.24, 2.45) is 5.73 Å². The zero-order valence-electron chi connectivity index (χ0n) is 10.9. The minimum Gasteiger partial charge on any atom is -0.483 e. The van der Waals surface area contributed by atoms with Gasteiger partial charge in [0.1, 0.15) is 5.75 Å². The van der Waals surface area contributed by atoms with E-state index in [9.17, 15) is 0 Å². The predicted octanol–water partition coefficient (Wildman–Crippen LogP) is 2.71. The average molecular weight is 265 g/mol. The zero-order chi connectivity index (χ0) is 13.8. The third-order valence-corrected chi connectivity index (χ3v) is 3.09. The lowest BCUT2D eigenvalue weighted by molar-refractivity contribution is 0.209. The number of aromatic nitrogens is 2. The largest absolute Gasteiger partial charge is 0.483 e. The van der Waals surface area contributed by atoms with Crippen molar-refractivity contribution in [3.05, 3.63) is 66.6 Å². The molecule has 4 heteroatoms. The van der Waals surface area contributed by atoms with Crippen molar-refractivity contribution in [3.63, 3.8) is 0 Å². The monoisotopic (exact) mass is 265 g/mol. The molecule has 100 valence electrons. The molecule has 1 unspecified atom stereocenters. The lowest BCUT2D eigenvalue weighted by atomic mass is 10.2. The van der Waals surface area contributed by atoms with Crippen molar-refractivity contribution in [2.75, 3.05) is 6.54 Å². The summed E-state index contributed by atoms with van der Waals surface area (Å²) < 4.78 is 5.93. The number of benzene rings is 1. The van der Waals surface area contributed by atoms with Crippen molar-refractivity contribution in [2.45, 2.75) is 6.10 Å². The maximum atomic E-state index is 5.93. The second-order valence-electron chi connectivity index (χ2n) is 4.45. The van der Waals surface area contributed by atoms with Gasteiger partial charge in [-0.15, -0.1) is 0 Å². The highest BCUT2D eigenvalue weighted by Crippen LogP contribution is 2.23. The molecule has 0 saturated heterocycles. The maximum Gasteiger partial charge on any atom is 0.153 e. The van der Waals surface area contributed by atoms with E-state index in [4.69, 9.17) is 10.5 Å². The van der Waals surface area contributed by atoms with Gasteiger partial charge in [-0.2, -0.15) is 0 Å². The van der Waals surface area contributed by atoms with Gasteiger partial charge in [-0.25, -0.2) is 0 Å². The van der Waals surface area contributed by atoms with Gasteiger partial charge >= 0.3 is 0 Å². The van der Waals surface area contributed by atoms with Crippen LogP contribution in [0, 0.1) is 0 Å². The van der Waals surface area contributed by atoms with Crippen LogP contribution in [0.1, 0.15) is 11.8 Å². The van der Waals surface area contributed by atoms with Gasteiger partial charge in [0.25, 0.3) is 0 Å². The van der Waals surface area contributed by atoms with Gasteiger partial charge in [0, 0.05) is 30.4 Å². The number of hydrogen-bond donors (Lipinski definition) is 1. The van der Waals surface area contributed by atoms with Gasteiger partial charge in [0.05, 0.1) is 11.2 Å². The number of nitrogens with zero attached hydrogens (tertiary/aromatic N) is 2. The van der Waals surface area contributed by atoms with E-state index >= 15 is 0 Å². The van der Waals surface area contributed by atoms with E-state index in [0.717, 1.165) is 22.3 Å². The molecule has 0 saturated carbocycles. The molecule has 1 aromatic carbocycles. The summed E-state index contributed by atoms with van der Waals surface area (Å²) in [5.74, 6) is 0.748. The Bertz CT molecular complexity index is 700. The van der Waals surface area contributed by atoms with Crippen LogP contribution in [0.25, 0.3) is 10.9 Å². The highest BCUT2D eigenvalue weighted by molar-refractivity contribution is 5.79. The molecular formula is C16H15N3O. The number of pyridine rings is 2. The number of nitrogens with two attached hydrogens (primary N) is 1. The number of fused-ring (bicyclic) bond motifs is 1. The van der Waals surface area contributed by atoms with E-state index < -0.39 is 0 Å². The molecule has 0 spiro atoms. The molecule has 0 aliphatic heterocycles. The lowest BCUT2D eigenvalue weighted by Gasteiger charge is -2.17. The SMILES string of the molecule is NCC(Oc1ccc2cccnc2c1)c1ccccn1. The minimum absolute atomic E-state index is 0.252. The first-order chi connectivity index (χ1) is 9.86. The summed E-state index contributed by atoms with van der Waals surface area (Å²) in [5, 5.41) is 1.09. The Kier molecular flexibility index (Phi) is 3.56. The van der Waals surface area contributed by atoms with Gasteiger partial charge < -0.3 is 10.5 Å². The van der Waals surface area contributed by atoms with Gasteiger partial charge in [-0.3, -0.25) is 9.97 Å². The first kappa shape index (κ1) is 12.6. The van der Waals surface area contributed by atoms with E-state index in [0.29, 0.717) is 6.54 Å². The van der Waals surface area contributed by atoms with Crippen LogP contribution in [0.3, 0.4) is 0 Å². The van der Waals surface area contributed by atoms with E-state index in [-0.39, 0.29) is 6.10 Å². The molecule has 0 bridgehead atoms. The van der Waals surface area contributed by atoms with E-state index in [2.05, 4.69) is 9.97 Å². The first-order valence-electron chi connectivity index (χ1n) is 6.49. The highest BCUT2D eigenvalue weighted by atomic mass is 16.5. The van der Waals surface area contributed by atoms with Crippen LogP contribution in [0.4, 0.5) is 0 Å². The molecule has 0 amide bonds. The fourth-order valence-electron chi connectivity index (χ4n) is 2.08. The molecule has 2 aromatic heterocycles. The van der Waals surface area contributed by atoms with Gasteiger partial charge in [0.15, 0.2) is 6.10 Å². The van der Waals surface area contributed by atoms with Crippen molar-refractivity contribution in [3.8, 4) is 5.75 Å². The summed E-state index contributed by atoms with van der Waals surface area (Å²) >= 11 is 0. The molecule has 3 aromatic rings. The van der Waals surface area contributed by atoms with Crippen molar-refractivity contribution >= 4 is 10.9 Å². The van der Waals surface area contributed by atoms with Crippen LogP contribution in [0.2, 0.25) is 0 Å². The Morgan fingerprint density at radius 3 is 2.70 bits per heavy atom. The third-order valence-electron chi connectivity index (χ3n) is 3.09. The smallest absolute Gasteiger partial charge is 0.153 e. The Hall–Kier alpha value is -2.46. The van der Waals surface area contributed by atoms with Crippen LogP contribution in [0.5, 0.6) is 5.75 Å². The van der Waals surface area contributed by atoms with Crippen LogP contribution < -0.4 is 10.5 Å². The molecule has 2 N–H and O–H groups in total. The number of hydrogen-bond acceptors (Lipinski definition) is 4. The van der Waals surface area contributed by atoms with E-state index in [1.165, 1.54) is 0 Å². The molecule has 0 radical (unpaired) electrons. The van der Waals surface area contributed by atoms with Crippen LogP contribution >= 0.6 is 0 Å². The quantitative estimate of drug-likeness (QED) is 0.788. The van der Waals surface area contributed by atoms with Gasteiger partial charge in [0.2, 0.25) is 0 Å². The van der Waals surface area contributed by atoms with Crippen LogP contribution in [-0.4, -0.2) is 16.5 Å². The topological polar surface area (TPSA) is 61.0 Å². The van der Waals surface area contributed by atoms with Crippen LogP contribution in [0.15, 0.2) is 60.9 Å². The average Bonchev–Trinajstić information content (AvgIpc) is 2.53. The molecule has 2 heterocycles. The fourth-order valence-corrected chi connectivity index (χ4v) is 2.08. The van der Waals surface area contributed by atoms with E-state index in [1.54, 1.807) is 12.4 Å². The standard InChI is InChI=1S/C16H15N3O/c17-11-16(14-5-1-2-8-18-14)20-13-7-6-12-4-3-9-19-15(12)10-13/h1-10,16H,11,17H2. The van der Waals surface area contributed by atoms with Gasteiger partial charge in [-0.1, -0.05) is 12.1 Å². The third kappa shape index (κ3) is 2.60. The summed E-state index contributed by atoms with van der Waals surface area (Å²) in [5.41, 5.74) is 7.52. The molecule has 0 aliphatic rings. The maximum absolute atomic E-state index is 5.93. The van der Waals surface area contributed by atoms with Gasteiger partial charge in [-0.05, 0) is 30.3 Å². The Balaban J connectivity index is 1.87. The molecule has 20 heavy (non-hydrogen) atoms. The van der Waals surface area contributed by atoms with Crippen molar-refractivity contribution < 1.29 is 4.74 Å². The minimum atomic E-state index is -0.252. The second-order valence-corrected chi connectivity index (χ2v) is 4.45. The van der Waals surface area contributed by atoms with E-state index in [1.807, 2.05) is 48.5 Å². The fraction of sp³-hybridized carbons (Fsp3) is 0.125. The van der Waals surface area contributed by atoms with Crippen molar-refractivity contribution in [1.82, 2.24) is 9.97 Å². The predicted molar refractivity (Wildman–Crippen MR) is 78.4 cm³/mol. The Morgan fingerprint density at radius 1 is 1.00 bits per heavy atom. The summed E-state index contributed by atoms with van der Waals surface area (Å²) in [7, 11) is 0. The summed E-state index contributed by atoms with van der Waals surface area (Å²) in [6.07, 6.45) is 3.26. The lowest BCUT2D eigenvalue weighted by Crippen LogP contribution is -2.19.